The number of rotatable bonds is 1. The highest BCUT2D eigenvalue weighted by Crippen LogP contribution is 2.20. The zero-order valence-electron chi connectivity index (χ0n) is 7.66. The highest BCUT2D eigenvalue weighted by molar-refractivity contribution is 4.89. The Hall–Kier alpha value is -1.44. The van der Waals surface area contributed by atoms with Crippen molar-refractivity contribution >= 4 is 0 Å². The Morgan fingerprint density at radius 1 is 1.47 bits per heavy atom. The van der Waals surface area contributed by atoms with Crippen LogP contribution in [-0.2, 0) is 4.74 Å². The summed E-state index contributed by atoms with van der Waals surface area (Å²) in [6, 6.07) is 1.14. The van der Waals surface area contributed by atoms with E-state index in [2.05, 4.69) is 4.98 Å². The molecule has 0 unspecified atom stereocenters. The molecule has 7 heteroatoms. The summed E-state index contributed by atoms with van der Waals surface area (Å²) in [5.41, 5.74) is -1.27. The van der Waals surface area contributed by atoms with Crippen LogP contribution in [0.25, 0.3) is 0 Å². The first kappa shape index (κ1) is 10.1. The van der Waals surface area contributed by atoms with Crippen LogP contribution in [0, 0.1) is 0 Å². The normalized spacial score (nSPS) is 30.7. The number of nitrogens with zero attached hydrogens (tertiary/aromatic N) is 1. The lowest BCUT2D eigenvalue weighted by atomic mass is 10.2. The third-order valence-corrected chi connectivity index (χ3v) is 2.27. The number of ether oxygens (including phenoxy) is 1. The Balaban J connectivity index is 2.47. The van der Waals surface area contributed by atoms with Crippen LogP contribution >= 0.6 is 0 Å². The van der Waals surface area contributed by atoms with Gasteiger partial charge in [0, 0.05) is 12.3 Å². The molecule has 3 atom stereocenters. The van der Waals surface area contributed by atoms with Gasteiger partial charge < -0.3 is 19.9 Å². The number of aliphatic hydroxyl groups is 2. The maximum Gasteiger partial charge on any atom is 0.330 e. The monoisotopic (exact) mass is 214 g/mol. The number of H-pyrrole nitrogens is 1. The second kappa shape index (κ2) is 3.61. The summed E-state index contributed by atoms with van der Waals surface area (Å²) >= 11 is 0. The van der Waals surface area contributed by atoms with Crippen LogP contribution in [0.5, 0.6) is 0 Å². The van der Waals surface area contributed by atoms with Crippen LogP contribution in [0.4, 0.5) is 0 Å². The molecular formula is C8H10N2O5. The average molecular weight is 214 g/mol. The highest BCUT2D eigenvalue weighted by atomic mass is 16.5. The van der Waals surface area contributed by atoms with Gasteiger partial charge in [-0.2, -0.15) is 0 Å². The molecule has 15 heavy (non-hydrogen) atoms. The van der Waals surface area contributed by atoms with Crippen molar-refractivity contribution in [2.75, 3.05) is 6.61 Å². The zero-order chi connectivity index (χ0) is 11.0. The molecule has 0 aliphatic carbocycles. The topological polar surface area (TPSA) is 105 Å². The molecular weight excluding hydrogens is 204 g/mol. The fourth-order valence-electron chi connectivity index (χ4n) is 1.49. The standard InChI is InChI=1S/C8H10N2O5/c11-4-3-15-7(6(4)13)10-5(12)1-2-9-8(10)14/h1-2,4,6-7,11,13H,3H2,(H,9,14)/t4-,6-,7-/m0/s1. The lowest BCUT2D eigenvalue weighted by Crippen LogP contribution is -2.42. The first-order valence-electron chi connectivity index (χ1n) is 4.39. The van der Waals surface area contributed by atoms with Crippen molar-refractivity contribution in [3.8, 4) is 0 Å². The number of aliphatic hydroxyl groups excluding tert-OH is 2. The van der Waals surface area contributed by atoms with E-state index in [4.69, 9.17) is 4.74 Å². The van der Waals surface area contributed by atoms with E-state index >= 15 is 0 Å². The molecule has 3 N–H and O–H groups in total. The first-order valence-corrected chi connectivity index (χ1v) is 4.39. The van der Waals surface area contributed by atoms with Gasteiger partial charge in [0.2, 0.25) is 0 Å². The van der Waals surface area contributed by atoms with Gasteiger partial charge in [-0.05, 0) is 0 Å². The molecule has 0 radical (unpaired) electrons. The number of hydrogen-bond donors (Lipinski definition) is 3. The van der Waals surface area contributed by atoms with Gasteiger partial charge in [0.05, 0.1) is 6.61 Å². The van der Waals surface area contributed by atoms with Crippen LogP contribution in [0.15, 0.2) is 21.9 Å². The summed E-state index contributed by atoms with van der Waals surface area (Å²) in [5.74, 6) is 0. The van der Waals surface area contributed by atoms with Crippen LogP contribution in [-0.4, -0.2) is 38.6 Å². The predicted octanol–water partition coefficient (Wildman–Crippen LogP) is -2.21. The lowest BCUT2D eigenvalue weighted by molar-refractivity contribution is -0.0230. The Kier molecular flexibility index (Phi) is 2.43. The van der Waals surface area contributed by atoms with E-state index in [0.29, 0.717) is 0 Å². The summed E-state index contributed by atoms with van der Waals surface area (Å²) in [6.45, 7) is -0.105. The van der Waals surface area contributed by atoms with Crippen molar-refractivity contribution in [2.45, 2.75) is 18.4 Å². The largest absolute Gasteiger partial charge is 0.388 e. The number of hydrogen-bond acceptors (Lipinski definition) is 5. The van der Waals surface area contributed by atoms with E-state index in [1.807, 2.05) is 0 Å². The van der Waals surface area contributed by atoms with Gasteiger partial charge in [0.15, 0.2) is 6.23 Å². The van der Waals surface area contributed by atoms with Gasteiger partial charge >= 0.3 is 5.69 Å². The predicted molar refractivity (Wildman–Crippen MR) is 48.3 cm³/mol. The molecule has 0 spiro atoms. The Morgan fingerprint density at radius 3 is 2.73 bits per heavy atom. The molecule has 7 nitrogen and oxygen atoms in total. The van der Waals surface area contributed by atoms with Gasteiger partial charge in [0.25, 0.3) is 5.56 Å². The van der Waals surface area contributed by atoms with Crippen LogP contribution in [0.3, 0.4) is 0 Å². The quantitative estimate of drug-likeness (QED) is 0.491. The van der Waals surface area contributed by atoms with Crippen molar-refractivity contribution in [3.63, 3.8) is 0 Å². The highest BCUT2D eigenvalue weighted by Gasteiger charge is 2.37. The molecule has 1 fully saturated rings. The minimum Gasteiger partial charge on any atom is -0.388 e. The SMILES string of the molecule is O=c1cc[nH]c(=O)n1[C@H]1OC[C@H](O)[C@@H]1O. The molecule has 1 aromatic rings. The Bertz CT molecular complexity index is 436. The van der Waals surface area contributed by atoms with Crippen molar-refractivity contribution in [1.29, 1.82) is 0 Å². The number of aromatic amines is 1. The van der Waals surface area contributed by atoms with E-state index in [-0.39, 0.29) is 6.61 Å². The van der Waals surface area contributed by atoms with Crippen molar-refractivity contribution in [3.05, 3.63) is 33.1 Å². The maximum atomic E-state index is 11.3. The minimum absolute atomic E-state index is 0.105. The molecule has 2 heterocycles. The van der Waals surface area contributed by atoms with Gasteiger partial charge in [-0.25, -0.2) is 9.36 Å². The van der Waals surface area contributed by atoms with Crippen LogP contribution < -0.4 is 11.2 Å². The molecule has 1 aromatic heterocycles. The van der Waals surface area contributed by atoms with Crippen molar-refractivity contribution < 1.29 is 14.9 Å². The van der Waals surface area contributed by atoms with Crippen molar-refractivity contribution in [2.24, 2.45) is 0 Å². The van der Waals surface area contributed by atoms with E-state index in [0.717, 1.165) is 10.6 Å². The van der Waals surface area contributed by atoms with Crippen LogP contribution in [0.1, 0.15) is 6.23 Å². The molecule has 0 bridgehead atoms. The van der Waals surface area contributed by atoms with Gasteiger partial charge in [-0.3, -0.25) is 4.79 Å². The minimum atomic E-state index is -1.27. The zero-order valence-corrected chi connectivity index (χ0v) is 7.66. The summed E-state index contributed by atoms with van der Waals surface area (Å²) in [7, 11) is 0. The smallest absolute Gasteiger partial charge is 0.330 e. The third-order valence-electron chi connectivity index (χ3n) is 2.27. The Labute approximate surface area is 83.6 Å². The maximum absolute atomic E-state index is 11.3. The van der Waals surface area contributed by atoms with E-state index in [1.165, 1.54) is 6.20 Å². The fourth-order valence-corrected chi connectivity index (χ4v) is 1.49. The molecule has 1 aliphatic heterocycles. The molecule has 0 amide bonds. The Morgan fingerprint density at radius 2 is 2.20 bits per heavy atom. The summed E-state index contributed by atoms with van der Waals surface area (Å²) in [4.78, 5) is 25.0. The second-order valence-electron chi connectivity index (χ2n) is 3.27. The van der Waals surface area contributed by atoms with E-state index in [9.17, 15) is 19.8 Å². The van der Waals surface area contributed by atoms with Gasteiger partial charge in [-0.15, -0.1) is 0 Å². The summed E-state index contributed by atoms with van der Waals surface area (Å²) in [6.07, 6.45) is -2.27. The van der Waals surface area contributed by atoms with E-state index in [1.54, 1.807) is 0 Å². The number of aromatic nitrogens is 2. The van der Waals surface area contributed by atoms with Crippen molar-refractivity contribution in [1.82, 2.24) is 9.55 Å². The third kappa shape index (κ3) is 1.60. The lowest BCUT2D eigenvalue weighted by Gasteiger charge is -2.15. The van der Waals surface area contributed by atoms with E-state index < -0.39 is 29.7 Å². The van der Waals surface area contributed by atoms with Crippen LogP contribution in [0.2, 0.25) is 0 Å². The fraction of sp³-hybridized carbons (Fsp3) is 0.500. The van der Waals surface area contributed by atoms with Gasteiger partial charge in [-0.1, -0.05) is 0 Å². The summed E-state index contributed by atoms with van der Waals surface area (Å²) in [5, 5.41) is 18.7. The average Bonchev–Trinajstić information content (AvgIpc) is 2.49. The molecule has 2 rings (SSSR count). The molecule has 0 saturated carbocycles. The second-order valence-corrected chi connectivity index (χ2v) is 3.27. The number of nitrogens with one attached hydrogen (secondary N) is 1. The molecule has 1 aliphatic rings. The van der Waals surface area contributed by atoms with Gasteiger partial charge in [0.1, 0.15) is 12.2 Å². The first-order chi connectivity index (χ1) is 7.11. The molecule has 1 saturated heterocycles. The summed E-state index contributed by atoms with van der Waals surface area (Å²) < 4.78 is 5.71. The molecule has 0 aromatic carbocycles. The molecule has 82 valence electrons.